The summed E-state index contributed by atoms with van der Waals surface area (Å²) in [6.07, 6.45) is 4.88. The number of nitrogens with zero attached hydrogens (tertiary/aromatic N) is 1. The third kappa shape index (κ3) is 5.95. The summed E-state index contributed by atoms with van der Waals surface area (Å²) < 4.78 is 13.6. The van der Waals surface area contributed by atoms with Crippen LogP contribution in [0.2, 0.25) is 0 Å². The van der Waals surface area contributed by atoms with Crippen LogP contribution in [0.25, 0.3) is 0 Å². The van der Waals surface area contributed by atoms with E-state index in [0.717, 1.165) is 19.3 Å². The predicted molar refractivity (Wildman–Crippen MR) is 98.5 cm³/mol. The van der Waals surface area contributed by atoms with Crippen molar-refractivity contribution in [3.63, 3.8) is 0 Å². The summed E-state index contributed by atoms with van der Waals surface area (Å²) in [7, 11) is 0. The Kier molecular flexibility index (Phi) is 7.74. The van der Waals surface area contributed by atoms with Crippen LogP contribution >= 0.6 is 0 Å². The molecule has 1 aromatic carbocycles. The molecule has 0 radical (unpaired) electrons. The molecule has 2 rings (SSSR count). The Bertz CT molecular complexity index is 749. The number of hydrogen-bond donors (Lipinski definition) is 2. The van der Waals surface area contributed by atoms with Crippen LogP contribution in [0.1, 0.15) is 52.6 Å². The molecule has 138 valence electrons. The molecule has 0 bridgehead atoms. The second-order valence-electron chi connectivity index (χ2n) is 5.99. The van der Waals surface area contributed by atoms with Crippen molar-refractivity contribution >= 4 is 11.8 Å². The maximum Gasteiger partial charge on any atom is 0.269 e. The SMILES string of the molecule is CCCCCNC(=O)c1cc(C(=O)NCCc2ccccc2F)ccn1. The second kappa shape index (κ2) is 10.3. The quantitative estimate of drug-likeness (QED) is 0.678. The lowest BCUT2D eigenvalue weighted by Crippen LogP contribution is -2.28. The first-order valence-corrected chi connectivity index (χ1v) is 8.87. The largest absolute Gasteiger partial charge is 0.352 e. The highest BCUT2D eigenvalue weighted by atomic mass is 19.1. The number of carbonyl (C=O) groups excluding carboxylic acids is 2. The van der Waals surface area contributed by atoms with Crippen LogP contribution in [0.3, 0.4) is 0 Å². The van der Waals surface area contributed by atoms with E-state index in [1.807, 2.05) is 0 Å². The van der Waals surface area contributed by atoms with Gasteiger partial charge >= 0.3 is 0 Å². The summed E-state index contributed by atoms with van der Waals surface area (Å²) >= 11 is 0. The number of nitrogens with one attached hydrogen (secondary N) is 2. The number of rotatable bonds is 9. The van der Waals surface area contributed by atoms with E-state index >= 15 is 0 Å². The van der Waals surface area contributed by atoms with Gasteiger partial charge in [-0.3, -0.25) is 14.6 Å². The van der Waals surface area contributed by atoms with Crippen molar-refractivity contribution in [2.45, 2.75) is 32.6 Å². The van der Waals surface area contributed by atoms with E-state index < -0.39 is 0 Å². The van der Waals surface area contributed by atoms with E-state index in [4.69, 9.17) is 0 Å². The van der Waals surface area contributed by atoms with Crippen LogP contribution in [0.4, 0.5) is 4.39 Å². The van der Waals surface area contributed by atoms with Gasteiger partial charge in [0.1, 0.15) is 11.5 Å². The molecule has 0 saturated carbocycles. The Hall–Kier alpha value is -2.76. The standard InChI is InChI=1S/C20H24FN3O2/c1-2-3-6-11-23-20(26)18-14-16(10-12-22-18)19(25)24-13-9-15-7-4-5-8-17(15)21/h4-5,7-8,10,12,14H,2-3,6,9,11,13H2,1H3,(H,23,26)(H,24,25). The minimum absolute atomic E-state index is 0.211. The van der Waals surface area contributed by atoms with Gasteiger partial charge in [-0.05, 0) is 36.6 Å². The average Bonchev–Trinajstić information content (AvgIpc) is 2.66. The van der Waals surface area contributed by atoms with E-state index in [9.17, 15) is 14.0 Å². The Morgan fingerprint density at radius 2 is 1.81 bits per heavy atom. The van der Waals surface area contributed by atoms with E-state index in [1.54, 1.807) is 24.3 Å². The summed E-state index contributed by atoms with van der Waals surface area (Å²) in [6, 6.07) is 9.48. The summed E-state index contributed by atoms with van der Waals surface area (Å²) in [5.74, 6) is -0.890. The third-order valence-electron chi connectivity index (χ3n) is 3.96. The molecule has 6 heteroatoms. The molecule has 0 aliphatic heterocycles. The highest BCUT2D eigenvalue weighted by Crippen LogP contribution is 2.07. The molecule has 2 N–H and O–H groups in total. The van der Waals surface area contributed by atoms with Crippen molar-refractivity contribution < 1.29 is 14.0 Å². The van der Waals surface area contributed by atoms with E-state index in [0.29, 0.717) is 30.6 Å². The second-order valence-corrected chi connectivity index (χ2v) is 5.99. The van der Waals surface area contributed by atoms with Gasteiger partial charge in [0.25, 0.3) is 11.8 Å². The van der Waals surface area contributed by atoms with Crippen LogP contribution < -0.4 is 10.6 Å². The van der Waals surface area contributed by atoms with Crippen molar-refractivity contribution in [2.75, 3.05) is 13.1 Å². The Labute approximate surface area is 153 Å². The Morgan fingerprint density at radius 3 is 2.58 bits per heavy atom. The van der Waals surface area contributed by atoms with Crippen LogP contribution in [-0.4, -0.2) is 29.9 Å². The minimum Gasteiger partial charge on any atom is -0.352 e. The lowest BCUT2D eigenvalue weighted by Gasteiger charge is -2.08. The molecule has 1 aromatic heterocycles. The molecule has 26 heavy (non-hydrogen) atoms. The highest BCUT2D eigenvalue weighted by molar-refractivity contribution is 5.98. The third-order valence-corrected chi connectivity index (χ3v) is 3.96. The molecule has 1 heterocycles. The highest BCUT2D eigenvalue weighted by Gasteiger charge is 2.11. The smallest absolute Gasteiger partial charge is 0.269 e. The van der Waals surface area contributed by atoms with Gasteiger partial charge in [0, 0.05) is 24.8 Å². The molecule has 0 unspecified atom stereocenters. The van der Waals surface area contributed by atoms with Gasteiger partial charge in [-0.1, -0.05) is 38.0 Å². The van der Waals surface area contributed by atoms with E-state index in [1.165, 1.54) is 18.3 Å². The van der Waals surface area contributed by atoms with Crippen molar-refractivity contribution in [3.05, 3.63) is 65.2 Å². The van der Waals surface area contributed by atoms with Gasteiger partial charge in [-0.2, -0.15) is 0 Å². The van der Waals surface area contributed by atoms with Gasteiger partial charge in [0.15, 0.2) is 0 Å². The minimum atomic E-state index is -0.316. The van der Waals surface area contributed by atoms with Crippen LogP contribution in [0.5, 0.6) is 0 Å². The van der Waals surface area contributed by atoms with Crippen molar-refractivity contribution in [1.29, 1.82) is 0 Å². The molecule has 0 aliphatic carbocycles. The lowest BCUT2D eigenvalue weighted by molar-refractivity contribution is 0.0948. The molecule has 5 nitrogen and oxygen atoms in total. The molecule has 0 fully saturated rings. The lowest BCUT2D eigenvalue weighted by atomic mass is 10.1. The Balaban J connectivity index is 1.87. The fourth-order valence-corrected chi connectivity index (χ4v) is 2.48. The molecular weight excluding hydrogens is 333 g/mol. The first kappa shape index (κ1) is 19.6. The average molecular weight is 357 g/mol. The zero-order valence-corrected chi connectivity index (χ0v) is 14.9. The normalized spacial score (nSPS) is 10.4. The monoisotopic (exact) mass is 357 g/mol. The first-order valence-electron chi connectivity index (χ1n) is 8.87. The number of amides is 2. The number of aromatic nitrogens is 1. The van der Waals surface area contributed by atoms with Gasteiger partial charge in [0.05, 0.1) is 0 Å². The van der Waals surface area contributed by atoms with Crippen LogP contribution in [0, 0.1) is 5.82 Å². The summed E-state index contributed by atoms with van der Waals surface area (Å²) in [5.41, 5.74) is 1.12. The number of pyridine rings is 1. The van der Waals surface area contributed by atoms with E-state index in [-0.39, 0.29) is 23.3 Å². The summed E-state index contributed by atoms with van der Waals surface area (Å²) in [4.78, 5) is 28.3. The van der Waals surface area contributed by atoms with Gasteiger partial charge < -0.3 is 10.6 Å². The maximum atomic E-state index is 13.6. The summed E-state index contributed by atoms with van der Waals surface area (Å²) in [5, 5.41) is 5.53. The summed E-state index contributed by atoms with van der Waals surface area (Å²) in [6.45, 7) is 2.99. The van der Waals surface area contributed by atoms with Gasteiger partial charge in [-0.25, -0.2) is 4.39 Å². The first-order chi connectivity index (χ1) is 12.6. The van der Waals surface area contributed by atoms with Crippen molar-refractivity contribution in [2.24, 2.45) is 0 Å². The molecule has 2 aromatic rings. The fourth-order valence-electron chi connectivity index (χ4n) is 2.48. The zero-order chi connectivity index (χ0) is 18.8. The van der Waals surface area contributed by atoms with Crippen LogP contribution in [-0.2, 0) is 6.42 Å². The van der Waals surface area contributed by atoms with Crippen molar-refractivity contribution in [3.8, 4) is 0 Å². The predicted octanol–water partition coefficient (Wildman–Crippen LogP) is 3.11. The molecular formula is C20H24FN3O2. The molecule has 2 amide bonds. The molecule has 0 saturated heterocycles. The number of hydrogen-bond acceptors (Lipinski definition) is 3. The number of halogens is 1. The van der Waals surface area contributed by atoms with Gasteiger partial charge in [-0.15, -0.1) is 0 Å². The number of carbonyl (C=O) groups is 2. The zero-order valence-electron chi connectivity index (χ0n) is 14.9. The number of unbranched alkanes of at least 4 members (excludes halogenated alkanes) is 2. The maximum absolute atomic E-state index is 13.6. The van der Waals surface area contributed by atoms with Crippen molar-refractivity contribution in [1.82, 2.24) is 15.6 Å². The number of benzene rings is 1. The van der Waals surface area contributed by atoms with Gasteiger partial charge in [0.2, 0.25) is 0 Å². The molecule has 0 atom stereocenters. The van der Waals surface area contributed by atoms with Crippen LogP contribution in [0.15, 0.2) is 42.6 Å². The fraction of sp³-hybridized carbons (Fsp3) is 0.350. The molecule has 0 spiro atoms. The van der Waals surface area contributed by atoms with E-state index in [2.05, 4.69) is 22.5 Å². The topological polar surface area (TPSA) is 71.1 Å². The Morgan fingerprint density at radius 1 is 1.04 bits per heavy atom. The molecule has 0 aliphatic rings.